The molecule has 1 fully saturated rings. The van der Waals surface area contributed by atoms with Gasteiger partial charge in [0.1, 0.15) is 5.69 Å². The minimum absolute atomic E-state index is 0.0336. The Morgan fingerprint density at radius 2 is 1.96 bits per heavy atom. The number of benzene rings is 1. The van der Waals surface area contributed by atoms with Crippen molar-refractivity contribution in [3.8, 4) is 0 Å². The molecule has 1 aromatic carbocycles. The van der Waals surface area contributed by atoms with E-state index in [0.29, 0.717) is 16.9 Å². The zero-order chi connectivity index (χ0) is 18.6. The third-order valence-electron chi connectivity index (χ3n) is 4.73. The van der Waals surface area contributed by atoms with Crippen molar-refractivity contribution in [3.63, 3.8) is 0 Å². The molecular weight excluding hydrogens is 358 g/mol. The first-order valence-electron chi connectivity index (χ1n) is 8.88. The van der Waals surface area contributed by atoms with E-state index in [1.165, 1.54) is 5.56 Å². The molecule has 1 aliphatic rings. The lowest BCUT2D eigenvalue weighted by atomic mass is 10.1. The first-order chi connectivity index (χ1) is 13.2. The van der Waals surface area contributed by atoms with E-state index in [2.05, 4.69) is 27.1 Å². The smallest absolute Gasteiger partial charge is 0.274 e. The molecule has 3 heterocycles. The Hall–Kier alpha value is -2.99. The SMILES string of the molecule is O=C(Nc1ccc(C(=O)N2CCC[C@H]2c2ccsc2)cc1)c1ccccn1. The topological polar surface area (TPSA) is 62.3 Å². The molecule has 136 valence electrons. The zero-order valence-electron chi connectivity index (χ0n) is 14.7. The number of pyridine rings is 1. The van der Waals surface area contributed by atoms with Crippen molar-refractivity contribution in [1.82, 2.24) is 9.88 Å². The van der Waals surface area contributed by atoms with Gasteiger partial charge in [-0.2, -0.15) is 11.3 Å². The van der Waals surface area contributed by atoms with Crippen molar-refractivity contribution < 1.29 is 9.59 Å². The Kier molecular flexibility index (Phi) is 4.98. The highest BCUT2D eigenvalue weighted by Gasteiger charge is 2.30. The van der Waals surface area contributed by atoms with Crippen LogP contribution in [-0.2, 0) is 0 Å². The molecule has 1 aliphatic heterocycles. The maximum Gasteiger partial charge on any atom is 0.274 e. The number of likely N-dealkylation sites (tertiary alicyclic amines) is 1. The summed E-state index contributed by atoms with van der Waals surface area (Å²) in [5.41, 5.74) is 2.84. The third-order valence-corrected chi connectivity index (χ3v) is 5.43. The molecule has 0 bridgehead atoms. The summed E-state index contributed by atoms with van der Waals surface area (Å²) in [7, 11) is 0. The first-order valence-corrected chi connectivity index (χ1v) is 9.82. The van der Waals surface area contributed by atoms with Crippen LogP contribution in [0.15, 0.2) is 65.5 Å². The van der Waals surface area contributed by atoms with E-state index in [9.17, 15) is 9.59 Å². The van der Waals surface area contributed by atoms with Crippen LogP contribution < -0.4 is 5.32 Å². The van der Waals surface area contributed by atoms with E-state index in [-0.39, 0.29) is 17.9 Å². The van der Waals surface area contributed by atoms with Gasteiger partial charge in [0.15, 0.2) is 0 Å². The van der Waals surface area contributed by atoms with Crippen molar-refractivity contribution in [3.05, 3.63) is 82.3 Å². The number of hydrogen-bond acceptors (Lipinski definition) is 4. The van der Waals surface area contributed by atoms with Crippen molar-refractivity contribution in [2.45, 2.75) is 18.9 Å². The number of anilines is 1. The predicted molar refractivity (Wildman–Crippen MR) is 106 cm³/mol. The Morgan fingerprint density at radius 3 is 2.67 bits per heavy atom. The van der Waals surface area contributed by atoms with Gasteiger partial charge in [-0.05, 0) is 71.6 Å². The summed E-state index contributed by atoms with van der Waals surface area (Å²) in [4.78, 5) is 31.1. The highest BCUT2D eigenvalue weighted by Crippen LogP contribution is 2.34. The van der Waals surface area contributed by atoms with Crippen LogP contribution >= 0.6 is 11.3 Å². The van der Waals surface area contributed by atoms with E-state index in [1.54, 1.807) is 60.0 Å². The van der Waals surface area contributed by atoms with Gasteiger partial charge in [0.2, 0.25) is 0 Å². The van der Waals surface area contributed by atoms with Crippen LogP contribution in [0.25, 0.3) is 0 Å². The van der Waals surface area contributed by atoms with Crippen LogP contribution in [0.2, 0.25) is 0 Å². The molecule has 1 saturated heterocycles. The summed E-state index contributed by atoms with van der Waals surface area (Å²) in [6.45, 7) is 0.775. The van der Waals surface area contributed by atoms with E-state index >= 15 is 0 Å². The molecule has 0 spiro atoms. The molecule has 0 saturated carbocycles. The molecule has 27 heavy (non-hydrogen) atoms. The molecule has 1 N–H and O–H groups in total. The van der Waals surface area contributed by atoms with Gasteiger partial charge in [-0.3, -0.25) is 14.6 Å². The molecule has 1 atom stereocenters. The van der Waals surface area contributed by atoms with Crippen LogP contribution in [0.1, 0.15) is 45.3 Å². The second kappa shape index (κ2) is 7.72. The fraction of sp³-hybridized carbons (Fsp3) is 0.190. The molecule has 2 amide bonds. The Bertz CT molecular complexity index is 924. The molecule has 0 aliphatic carbocycles. The molecule has 2 aromatic heterocycles. The number of aromatic nitrogens is 1. The van der Waals surface area contributed by atoms with Crippen molar-refractivity contribution in [1.29, 1.82) is 0 Å². The summed E-state index contributed by atoms with van der Waals surface area (Å²) in [5.74, 6) is -0.238. The molecular formula is C21H19N3O2S. The average Bonchev–Trinajstić information content (AvgIpc) is 3.40. The minimum Gasteiger partial charge on any atom is -0.332 e. The number of carbonyl (C=O) groups is 2. The molecule has 0 unspecified atom stereocenters. The van der Waals surface area contributed by atoms with Crippen molar-refractivity contribution >= 4 is 28.8 Å². The number of nitrogens with one attached hydrogen (secondary N) is 1. The Morgan fingerprint density at radius 1 is 1.11 bits per heavy atom. The highest BCUT2D eigenvalue weighted by molar-refractivity contribution is 7.08. The molecule has 0 radical (unpaired) electrons. The quantitative estimate of drug-likeness (QED) is 0.734. The largest absolute Gasteiger partial charge is 0.332 e. The van der Waals surface area contributed by atoms with Crippen LogP contribution in [0, 0.1) is 0 Å². The Labute approximate surface area is 161 Å². The molecule has 3 aromatic rings. The number of amides is 2. The van der Waals surface area contributed by atoms with Crippen LogP contribution in [0.3, 0.4) is 0 Å². The van der Waals surface area contributed by atoms with Gasteiger partial charge in [0, 0.05) is 24.0 Å². The number of rotatable bonds is 4. The fourth-order valence-electron chi connectivity index (χ4n) is 3.38. The summed E-state index contributed by atoms with van der Waals surface area (Å²) in [6.07, 6.45) is 3.60. The lowest BCUT2D eigenvalue weighted by Crippen LogP contribution is -2.30. The molecule has 5 nitrogen and oxygen atoms in total. The number of carbonyl (C=O) groups excluding carboxylic acids is 2. The van der Waals surface area contributed by atoms with Gasteiger partial charge >= 0.3 is 0 Å². The van der Waals surface area contributed by atoms with Gasteiger partial charge in [-0.1, -0.05) is 6.07 Å². The maximum absolute atomic E-state index is 12.9. The first kappa shape index (κ1) is 17.4. The van der Waals surface area contributed by atoms with Gasteiger partial charge in [-0.25, -0.2) is 0 Å². The number of thiophene rings is 1. The second-order valence-electron chi connectivity index (χ2n) is 6.46. The Balaban J connectivity index is 1.45. The van der Waals surface area contributed by atoms with Gasteiger partial charge < -0.3 is 10.2 Å². The lowest BCUT2D eigenvalue weighted by molar-refractivity contribution is 0.0736. The standard InChI is InChI=1S/C21H19N3O2S/c25-20(18-4-1-2-11-22-18)23-17-8-6-15(7-9-17)21(26)24-12-3-5-19(24)16-10-13-27-14-16/h1-2,4,6-11,13-14,19H,3,5,12H2,(H,23,25)/t19-/m0/s1. The van der Waals surface area contributed by atoms with Crippen LogP contribution in [-0.4, -0.2) is 28.2 Å². The van der Waals surface area contributed by atoms with E-state index in [0.717, 1.165) is 19.4 Å². The van der Waals surface area contributed by atoms with Crippen LogP contribution in [0.4, 0.5) is 5.69 Å². The lowest BCUT2D eigenvalue weighted by Gasteiger charge is -2.24. The highest BCUT2D eigenvalue weighted by atomic mass is 32.1. The number of nitrogens with zero attached hydrogens (tertiary/aromatic N) is 2. The van der Waals surface area contributed by atoms with Gasteiger partial charge in [0.05, 0.1) is 6.04 Å². The third kappa shape index (κ3) is 3.75. The van der Waals surface area contributed by atoms with Gasteiger partial charge in [0.25, 0.3) is 11.8 Å². The monoisotopic (exact) mass is 377 g/mol. The predicted octanol–water partition coefficient (Wildman–Crippen LogP) is 4.37. The molecule has 6 heteroatoms. The van der Waals surface area contributed by atoms with Crippen molar-refractivity contribution in [2.75, 3.05) is 11.9 Å². The fourth-order valence-corrected chi connectivity index (χ4v) is 4.08. The zero-order valence-corrected chi connectivity index (χ0v) is 15.5. The number of hydrogen-bond donors (Lipinski definition) is 1. The van der Waals surface area contributed by atoms with Crippen molar-refractivity contribution in [2.24, 2.45) is 0 Å². The maximum atomic E-state index is 12.9. The van der Waals surface area contributed by atoms with E-state index in [1.807, 2.05) is 4.90 Å². The normalized spacial score (nSPS) is 16.3. The van der Waals surface area contributed by atoms with E-state index in [4.69, 9.17) is 0 Å². The molecule has 4 rings (SSSR count). The van der Waals surface area contributed by atoms with Gasteiger partial charge in [-0.15, -0.1) is 0 Å². The average molecular weight is 377 g/mol. The summed E-state index contributed by atoms with van der Waals surface area (Å²) in [6, 6.07) is 14.5. The minimum atomic E-state index is -0.272. The van der Waals surface area contributed by atoms with Crippen LogP contribution in [0.5, 0.6) is 0 Å². The summed E-state index contributed by atoms with van der Waals surface area (Å²) in [5, 5.41) is 6.97. The van der Waals surface area contributed by atoms with E-state index < -0.39 is 0 Å². The summed E-state index contributed by atoms with van der Waals surface area (Å²) < 4.78 is 0. The second-order valence-corrected chi connectivity index (χ2v) is 7.24. The summed E-state index contributed by atoms with van der Waals surface area (Å²) >= 11 is 1.66.